The maximum atomic E-state index is 11.7. The standard InChI is InChI=1S/C16H18N2O4/c1-21-13-6-2-3-7-14(13)22-11-5-4-10-17-16(20)12-8-9-15(19)18-12/h2-3,6-7,12H,8-11H2,1H3,(H,17,20)(H,18,19). The molecule has 22 heavy (non-hydrogen) atoms. The highest BCUT2D eigenvalue weighted by atomic mass is 16.5. The van der Waals surface area contributed by atoms with E-state index in [0.29, 0.717) is 24.3 Å². The van der Waals surface area contributed by atoms with Crippen LogP contribution < -0.4 is 20.1 Å². The minimum absolute atomic E-state index is 0.0866. The van der Waals surface area contributed by atoms with Crippen LogP contribution in [0.5, 0.6) is 11.5 Å². The second kappa shape index (κ2) is 7.93. The minimum Gasteiger partial charge on any atom is -0.493 e. The van der Waals surface area contributed by atoms with E-state index in [1.807, 2.05) is 12.1 Å². The molecule has 1 atom stereocenters. The van der Waals surface area contributed by atoms with Gasteiger partial charge in [0.1, 0.15) is 12.6 Å². The number of nitrogens with one attached hydrogen (secondary N) is 2. The van der Waals surface area contributed by atoms with Gasteiger partial charge in [-0.1, -0.05) is 24.0 Å². The fourth-order valence-electron chi connectivity index (χ4n) is 2.03. The number of benzene rings is 1. The molecule has 1 aromatic rings. The highest BCUT2D eigenvalue weighted by Gasteiger charge is 2.26. The van der Waals surface area contributed by atoms with E-state index < -0.39 is 6.04 Å². The Bertz CT molecular complexity index is 604. The molecular formula is C16H18N2O4. The molecule has 0 bridgehead atoms. The van der Waals surface area contributed by atoms with Gasteiger partial charge in [0, 0.05) is 6.42 Å². The number of carbonyl (C=O) groups excluding carboxylic acids is 2. The first-order valence-corrected chi connectivity index (χ1v) is 6.99. The summed E-state index contributed by atoms with van der Waals surface area (Å²) in [6.07, 6.45) is 0.936. The predicted molar refractivity (Wildman–Crippen MR) is 80.4 cm³/mol. The molecule has 2 amide bonds. The average molecular weight is 302 g/mol. The van der Waals surface area contributed by atoms with Crippen molar-refractivity contribution in [2.45, 2.75) is 18.9 Å². The first kappa shape index (κ1) is 15.7. The summed E-state index contributed by atoms with van der Waals surface area (Å²) in [5.74, 6) is 6.59. The Hall–Kier alpha value is -2.68. The number of carbonyl (C=O) groups is 2. The molecule has 2 N–H and O–H groups in total. The van der Waals surface area contributed by atoms with E-state index in [0.717, 1.165) is 0 Å². The van der Waals surface area contributed by atoms with Crippen LogP contribution in [0.15, 0.2) is 24.3 Å². The molecule has 6 nitrogen and oxygen atoms in total. The van der Waals surface area contributed by atoms with Gasteiger partial charge in [-0.15, -0.1) is 0 Å². The molecule has 1 aromatic carbocycles. The lowest BCUT2D eigenvalue weighted by molar-refractivity contribution is -0.125. The molecule has 116 valence electrons. The van der Waals surface area contributed by atoms with Gasteiger partial charge in [-0.25, -0.2) is 0 Å². The molecule has 1 fully saturated rings. The van der Waals surface area contributed by atoms with Crippen molar-refractivity contribution in [3.8, 4) is 23.3 Å². The van der Waals surface area contributed by atoms with Crippen LogP contribution >= 0.6 is 0 Å². The fourth-order valence-corrected chi connectivity index (χ4v) is 2.03. The van der Waals surface area contributed by atoms with Gasteiger partial charge < -0.3 is 20.1 Å². The fraction of sp³-hybridized carbons (Fsp3) is 0.375. The lowest BCUT2D eigenvalue weighted by Gasteiger charge is -2.08. The van der Waals surface area contributed by atoms with E-state index in [4.69, 9.17) is 9.47 Å². The summed E-state index contributed by atoms with van der Waals surface area (Å²) < 4.78 is 10.6. The number of methoxy groups -OCH3 is 1. The van der Waals surface area contributed by atoms with Crippen LogP contribution in [0.3, 0.4) is 0 Å². The van der Waals surface area contributed by atoms with Gasteiger partial charge in [0.15, 0.2) is 11.5 Å². The third-order valence-electron chi connectivity index (χ3n) is 3.16. The molecular weight excluding hydrogens is 284 g/mol. The minimum atomic E-state index is -0.431. The van der Waals surface area contributed by atoms with Crippen molar-refractivity contribution in [3.63, 3.8) is 0 Å². The Balaban J connectivity index is 1.69. The highest BCUT2D eigenvalue weighted by Crippen LogP contribution is 2.25. The highest BCUT2D eigenvalue weighted by molar-refractivity contribution is 5.90. The van der Waals surface area contributed by atoms with Crippen molar-refractivity contribution in [2.24, 2.45) is 0 Å². The number of ether oxygens (including phenoxy) is 2. The number of amides is 2. The van der Waals surface area contributed by atoms with Crippen molar-refractivity contribution >= 4 is 11.8 Å². The van der Waals surface area contributed by atoms with Crippen molar-refractivity contribution in [3.05, 3.63) is 24.3 Å². The molecule has 0 saturated carbocycles. The summed E-state index contributed by atoms with van der Waals surface area (Å²) in [4.78, 5) is 22.7. The molecule has 1 unspecified atom stereocenters. The van der Waals surface area contributed by atoms with E-state index in [9.17, 15) is 9.59 Å². The topological polar surface area (TPSA) is 76.7 Å². The normalized spacial score (nSPS) is 16.2. The predicted octanol–water partition coefficient (Wildman–Crippen LogP) is 0.472. The van der Waals surface area contributed by atoms with Crippen LogP contribution in [-0.2, 0) is 9.59 Å². The maximum absolute atomic E-state index is 11.7. The smallest absolute Gasteiger partial charge is 0.243 e. The number of hydrogen-bond acceptors (Lipinski definition) is 4. The maximum Gasteiger partial charge on any atom is 0.243 e. The largest absolute Gasteiger partial charge is 0.493 e. The zero-order chi connectivity index (χ0) is 15.8. The Kier molecular flexibility index (Phi) is 5.66. The molecule has 2 rings (SSSR count). The lowest BCUT2D eigenvalue weighted by Crippen LogP contribution is -2.41. The first-order valence-electron chi connectivity index (χ1n) is 6.99. The van der Waals surface area contributed by atoms with Gasteiger partial charge in [0.2, 0.25) is 11.8 Å². The molecule has 1 aliphatic rings. The SMILES string of the molecule is COc1ccccc1OCC#CCNC(=O)C1CCC(=O)N1. The Morgan fingerprint density at radius 3 is 2.82 bits per heavy atom. The lowest BCUT2D eigenvalue weighted by atomic mass is 10.2. The number of rotatable bonds is 5. The summed E-state index contributed by atoms with van der Waals surface area (Å²) in [7, 11) is 1.57. The van der Waals surface area contributed by atoms with Gasteiger partial charge >= 0.3 is 0 Å². The summed E-state index contributed by atoms with van der Waals surface area (Å²) in [6.45, 7) is 0.427. The molecule has 1 saturated heterocycles. The van der Waals surface area contributed by atoms with Crippen molar-refractivity contribution in [2.75, 3.05) is 20.3 Å². The zero-order valence-electron chi connectivity index (χ0n) is 12.3. The van der Waals surface area contributed by atoms with Gasteiger partial charge in [0.25, 0.3) is 0 Å². The summed E-state index contributed by atoms with van der Waals surface area (Å²) in [5.41, 5.74) is 0. The molecule has 1 aliphatic heterocycles. The third-order valence-corrected chi connectivity index (χ3v) is 3.16. The average Bonchev–Trinajstić information content (AvgIpc) is 2.97. The Labute approximate surface area is 129 Å². The summed E-state index contributed by atoms with van der Waals surface area (Å²) in [6, 6.07) is 6.87. The van der Waals surface area contributed by atoms with Crippen LogP contribution in [0, 0.1) is 11.8 Å². The van der Waals surface area contributed by atoms with E-state index in [1.54, 1.807) is 19.2 Å². The molecule has 0 radical (unpaired) electrons. The van der Waals surface area contributed by atoms with Crippen LogP contribution in [0.1, 0.15) is 12.8 Å². The number of hydrogen-bond donors (Lipinski definition) is 2. The van der Waals surface area contributed by atoms with Crippen molar-refractivity contribution < 1.29 is 19.1 Å². The summed E-state index contributed by atoms with van der Waals surface area (Å²) in [5, 5.41) is 5.26. The van der Waals surface area contributed by atoms with Crippen LogP contribution in [0.25, 0.3) is 0 Å². The summed E-state index contributed by atoms with van der Waals surface area (Å²) >= 11 is 0. The van der Waals surface area contributed by atoms with Gasteiger partial charge in [-0.2, -0.15) is 0 Å². The zero-order valence-corrected chi connectivity index (χ0v) is 12.3. The van der Waals surface area contributed by atoms with Gasteiger partial charge in [-0.05, 0) is 18.6 Å². The molecule has 1 heterocycles. The first-order chi connectivity index (χ1) is 10.7. The second-order valence-electron chi connectivity index (χ2n) is 4.67. The third kappa shape index (κ3) is 4.42. The van der Waals surface area contributed by atoms with Gasteiger partial charge in [0.05, 0.1) is 13.7 Å². The van der Waals surface area contributed by atoms with Gasteiger partial charge in [-0.3, -0.25) is 9.59 Å². The van der Waals surface area contributed by atoms with Crippen LogP contribution in [0.2, 0.25) is 0 Å². The van der Waals surface area contributed by atoms with E-state index in [1.165, 1.54) is 0 Å². The van der Waals surface area contributed by atoms with Crippen molar-refractivity contribution in [1.29, 1.82) is 0 Å². The Morgan fingerprint density at radius 1 is 1.36 bits per heavy atom. The van der Waals surface area contributed by atoms with E-state index in [-0.39, 0.29) is 25.0 Å². The van der Waals surface area contributed by atoms with E-state index >= 15 is 0 Å². The van der Waals surface area contributed by atoms with Crippen molar-refractivity contribution in [1.82, 2.24) is 10.6 Å². The molecule has 6 heteroatoms. The van der Waals surface area contributed by atoms with Crippen LogP contribution in [-0.4, -0.2) is 38.1 Å². The van der Waals surface area contributed by atoms with Crippen LogP contribution in [0.4, 0.5) is 0 Å². The second-order valence-corrected chi connectivity index (χ2v) is 4.67. The Morgan fingerprint density at radius 2 is 2.14 bits per heavy atom. The molecule has 0 aromatic heterocycles. The van der Waals surface area contributed by atoms with E-state index in [2.05, 4.69) is 22.5 Å². The number of para-hydroxylation sites is 2. The monoisotopic (exact) mass is 302 g/mol. The quantitative estimate of drug-likeness (QED) is 0.775. The molecule has 0 spiro atoms. The molecule has 0 aliphatic carbocycles.